The minimum Gasteiger partial charge on any atom is -0.379 e. The average molecular weight is 214 g/mol. The van der Waals surface area contributed by atoms with Gasteiger partial charge in [-0.05, 0) is 20.3 Å². The van der Waals surface area contributed by atoms with Gasteiger partial charge in [0.2, 0.25) is 0 Å². The molecule has 0 aromatic carbocycles. The Hall–Kier alpha value is -0.160. The lowest BCUT2D eigenvalue weighted by Gasteiger charge is -2.41. The molecule has 2 aliphatic rings. The van der Waals surface area contributed by atoms with Crippen molar-refractivity contribution in [2.75, 3.05) is 39.5 Å². The van der Waals surface area contributed by atoms with E-state index in [0.29, 0.717) is 6.61 Å². The summed E-state index contributed by atoms with van der Waals surface area (Å²) < 4.78 is 11.0. The fourth-order valence-electron chi connectivity index (χ4n) is 2.44. The van der Waals surface area contributed by atoms with Gasteiger partial charge in [-0.25, -0.2) is 0 Å². The summed E-state index contributed by atoms with van der Waals surface area (Å²) in [5, 5.41) is 0. The lowest BCUT2D eigenvalue weighted by atomic mass is 9.98. The Bertz CT molecular complexity index is 225. The maximum atomic E-state index is 6.27. The molecule has 2 saturated heterocycles. The first-order valence-corrected chi connectivity index (χ1v) is 5.72. The van der Waals surface area contributed by atoms with Gasteiger partial charge < -0.3 is 15.2 Å². The molecule has 0 spiro atoms. The summed E-state index contributed by atoms with van der Waals surface area (Å²) in [6, 6.07) is 0. The molecule has 2 heterocycles. The molecule has 1 unspecified atom stereocenters. The summed E-state index contributed by atoms with van der Waals surface area (Å²) in [4.78, 5) is 2.40. The summed E-state index contributed by atoms with van der Waals surface area (Å²) in [6.45, 7) is 9.47. The van der Waals surface area contributed by atoms with Gasteiger partial charge in [0, 0.05) is 26.2 Å². The first-order chi connectivity index (χ1) is 6.99. The van der Waals surface area contributed by atoms with Crippen molar-refractivity contribution in [1.29, 1.82) is 0 Å². The number of rotatable bonds is 2. The first kappa shape index (κ1) is 11.3. The smallest absolute Gasteiger partial charge is 0.0753 e. The Morgan fingerprint density at radius 1 is 1.33 bits per heavy atom. The largest absolute Gasteiger partial charge is 0.379 e. The fraction of sp³-hybridized carbons (Fsp3) is 1.00. The molecule has 0 amide bonds. The van der Waals surface area contributed by atoms with Crippen LogP contribution < -0.4 is 5.73 Å². The van der Waals surface area contributed by atoms with Crippen molar-refractivity contribution in [3.05, 3.63) is 0 Å². The zero-order valence-corrected chi connectivity index (χ0v) is 9.79. The molecule has 2 N–H and O–H groups in total. The SMILES string of the molecule is CC1(C)CN(CC2(N)CCOC2)CCO1. The van der Waals surface area contributed by atoms with Crippen LogP contribution in [0, 0.1) is 0 Å². The van der Waals surface area contributed by atoms with E-state index in [1.807, 2.05) is 0 Å². The van der Waals surface area contributed by atoms with Gasteiger partial charge in [0.25, 0.3) is 0 Å². The van der Waals surface area contributed by atoms with Gasteiger partial charge in [-0.2, -0.15) is 0 Å². The fourth-order valence-corrected chi connectivity index (χ4v) is 2.44. The van der Waals surface area contributed by atoms with Crippen LogP contribution in [-0.4, -0.2) is 55.5 Å². The van der Waals surface area contributed by atoms with Crippen LogP contribution in [0.2, 0.25) is 0 Å². The summed E-state index contributed by atoms with van der Waals surface area (Å²) >= 11 is 0. The number of hydrogen-bond acceptors (Lipinski definition) is 4. The highest BCUT2D eigenvalue weighted by Gasteiger charge is 2.35. The minimum atomic E-state index is -0.132. The van der Waals surface area contributed by atoms with Crippen LogP contribution in [0.1, 0.15) is 20.3 Å². The van der Waals surface area contributed by atoms with Crippen molar-refractivity contribution in [3.8, 4) is 0 Å². The van der Waals surface area contributed by atoms with E-state index in [1.165, 1.54) is 0 Å². The third-order valence-electron chi connectivity index (χ3n) is 3.18. The van der Waals surface area contributed by atoms with Crippen LogP contribution in [0.4, 0.5) is 0 Å². The van der Waals surface area contributed by atoms with E-state index in [2.05, 4.69) is 18.7 Å². The third-order valence-corrected chi connectivity index (χ3v) is 3.18. The molecule has 0 radical (unpaired) electrons. The highest BCUT2D eigenvalue weighted by atomic mass is 16.5. The molecule has 0 aliphatic carbocycles. The highest BCUT2D eigenvalue weighted by Crippen LogP contribution is 2.21. The van der Waals surface area contributed by atoms with E-state index in [-0.39, 0.29) is 11.1 Å². The first-order valence-electron chi connectivity index (χ1n) is 5.72. The quantitative estimate of drug-likeness (QED) is 0.714. The van der Waals surface area contributed by atoms with Crippen LogP contribution in [0.5, 0.6) is 0 Å². The summed E-state index contributed by atoms with van der Waals surface area (Å²) in [5.74, 6) is 0. The van der Waals surface area contributed by atoms with Gasteiger partial charge in [-0.15, -0.1) is 0 Å². The van der Waals surface area contributed by atoms with Crippen LogP contribution >= 0.6 is 0 Å². The number of nitrogens with zero attached hydrogens (tertiary/aromatic N) is 1. The highest BCUT2D eigenvalue weighted by molar-refractivity contribution is 4.93. The monoisotopic (exact) mass is 214 g/mol. The summed E-state index contributed by atoms with van der Waals surface area (Å²) in [5.41, 5.74) is 6.11. The van der Waals surface area contributed by atoms with Gasteiger partial charge in [-0.3, -0.25) is 4.90 Å². The van der Waals surface area contributed by atoms with Crippen LogP contribution in [0.15, 0.2) is 0 Å². The van der Waals surface area contributed by atoms with E-state index in [4.69, 9.17) is 15.2 Å². The second kappa shape index (κ2) is 4.01. The maximum absolute atomic E-state index is 6.27. The zero-order chi connectivity index (χ0) is 10.9. The van der Waals surface area contributed by atoms with E-state index in [0.717, 1.165) is 39.3 Å². The molecule has 2 aliphatic heterocycles. The topological polar surface area (TPSA) is 47.7 Å². The Morgan fingerprint density at radius 2 is 2.13 bits per heavy atom. The molecule has 2 rings (SSSR count). The predicted molar refractivity (Wildman–Crippen MR) is 58.8 cm³/mol. The van der Waals surface area contributed by atoms with Crippen molar-refractivity contribution in [3.63, 3.8) is 0 Å². The summed E-state index contributed by atoms with van der Waals surface area (Å²) in [7, 11) is 0. The Balaban J connectivity index is 1.88. The predicted octanol–water partition coefficient (Wildman–Crippen LogP) is 0.215. The second-order valence-corrected chi connectivity index (χ2v) is 5.48. The van der Waals surface area contributed by atoms with Gasteiger partial charge in [0.05, 0.1) is 24.4 Å². The van der Waals surface area contributed by atoms with E-state index >= 15 is 0 Å². The third kappa shape index (κ3) is 2.91. The molecule has 1 atom stereocenters. The number of morpholine rings is 1. The lowest BCUT2D eigenvalue weighted by molar-refractivity contribution is -0.0901. The van der Waals surface area contributed by atoms with Gasteiger partial charge >= 0.3 is 0 Å². The molecule has 0 aromatic rings. The van der Waals surface area contributed by atoms with Crippen molar-refractivity contribution in [2.45, 2.75) is 31.4 Å². The Kier molecular flexibility index (Phi) is 3.03. The molecule has 0 saturated carbocycles. The van der Waals surface area contributed by atoms with Crippen LogP contribution in [0.3, 0.4) is 0 Å². The van der Waals surface area contributed by atoms with Gasteiger partial charge in [-0.1, -0.05) is 0 Å². The zero-order valence-electron chi connectivity index (χ0n) is 9.79. The van der Waals surface area contributed by atoms with Gasteiger partial charge in [0.1, 0.15) is 0 Å². The maximum Gasteiger partial charge on any atom is 0.0753 e. The second-order valence-electron chi connectivity index (χ2n) is 5.48. The van der Waals surface area contributed by atoms with Crippen molar-refractivity contribution in [2.24, 2.45) is 5.73 Å². The Morgan fingerprint density at radius 3 is 2.73 bits per heavy atom. The van der Waals surface area contributed by atoms with E-state index in [1.54, 1.807) is 0 Å². The normalized spacial score (nSPS) is 37.0. The van der Waals surface area contributed by atoms with E-state index < -0.39 is 0 Å². The summed E-state index contributed by atoms with van der Waals surface area (Å²) in [6.07, 6.45) is 0.977. The number of nitrogens with two attached hydrogens (primary N) is 1. The molecule has 2 fully saturated rings. The van der Waals surface area contributed by atoms with Crippen LogP contribution in [0.25, 0.3) is 0 Å². The van der Waals surface area contributed by atoms with Gasteiger partial charge in [0.15, 0.2) is 0 Å². The molecule has 88 valence electrons. The number of hydrogen-bond donors (Lipinski definition) is 1. The van der Waals surface area contributed by atoms with Crippen molar-refractivity contribution >= 4 is 0 Å². The molecule has 15 heavy (non-hydrogen) atoms. The Labute approximate surface area is 91.7 Å². The minimum absolute atomic E-state index is 0.0337. The molecular formula is C11H22N2O2. The van der Waals surface area contributed by atoms with Crippen molar-refractivity contribution in [1.82, 2.24) is 4.90 Å². The molecule has 0 aromatic heterocycles. The molecule has 4 heteroatoms. The molecule has 0 bridgehead atoms. The molecule has 4 nitrogen and oxygen atoms in total. The van der Waals surface area contributed by atoms with Crippen molar-refractivity contribution < 1.29 is 9.47 Å². The average Bonchev–Trinajstić information content (AvgIpc) is 2.49. The van der Waals surface area contributed by atoms with E-state index in [9.17, 15) is 0 Å². The molecular weight excluding hydrogens is 192 g/mol. The number of ether oxygens (including phenoxy) is 2. The van der Waals surface area contributed by atoms with Crippen LogP contribution in [-0.2, 0) is 9.47 Å². The lowest BCUT2D eigenvalue weighted by Crippen LogP contribution is -2.56. The standard InChI is InChI=1S/C11H22N2O2/c1-10(2)7-13(4-6-15-10)8-11(12)3-5-14-9-11/h3-9,12H2,1-2H3.